The average molecular weight is 364 g/mol. The Morgan fingerprint density at radius 2 is 1.47 bits per heavy atom. The van der Waals surface area contributed by atoms with E-state index < -0.39 is 5.69 Å². The van der Waals surface area contributed by atoms with E-state index in [2.05, 4.69) is 32.6 Å². The molecule has 0 aliphatic heterocycles. The molecule has 0 aromatic rings. The number of thiocarbonyl (C=S) groups is 1. The topological polar surface area (TPSA) is 21.7 Å². The molecule has 0 aromatic carbocycles. The Labute approximate surface area is 139 Å². The van der Waals surface area contributed by atoms with Crippen LogP contribution >= 0.6 is 42.8 Å². The van der Waals surface area contributed by atoms with Crippen molar-refractivity contribution in [3.8, 4) is 0 Å². The zero-order valence-electron chi connectivity index (χ0n) is 12.2. The summed E-state index contributed by atoms with van der Waals surface area (Å²) in [5, 5.41) is 0. The summed E-state index contributed by atoms with van der Waals surface area (Å²) in [6.07, 6.45) is 1.87. The van der Waals surface area contributed by atoms with Crippen LogP contribution in [-0.4, -0.2) is 35.5 Å². The van der Waals surface area contributed by atoms with Crippen LogP contribution in [0.25, 0.3) is 0 Å². The molecule has 0 aromatic heterocycles. The number of rotatable bonds is 9. The molecule has 0 spiro atoms. The Balaban J connectivity index is 0. The first-order valence-electron chi connectivity index (χ1n) is 6.40. The quantitative estimate of drug-likeness (QED) is 0.440. The third kappa shape index (κ3) is 9.67. The van der Waals surface area contributed by atoms with Crippen molar-refractivity contribution in [1.82, 2.24) is 4.90 Å². The van der Waals surface area contributed by atoms with Crippen LogP contribution in [0.5, 0.6) is 0 Å². The molecule has 0 saturated carbocycles. The van der Waals surface area contributed by atoms with Crippen LogP contribution < -0.4 is 0 Å². The van der Waals surface area contributed by atoms with Crippen molar-refractivity contribution in [2.45, 2.75) is 40.5 Å². The molecular weight excluding hydrogens is 337 g/mol. The van der Waals surface area contributed by atoms with Gasteiger partial charge in [-0.3, -0.25) is 0 Å². The van der Waals surface area contributed by atoms with Gasteiger partial charge in [-0.25, -0.2) is 0 Å². The molecule has 19 heavy (non-hydrogen) atoms. The molecule has 8 heteroatoms. The first kappa shape index (κ1) is 22.4. The molecule has 3 nitrogen and oxygen atoms in total. The summed E-state index contributed by atoms with van der Waals surface area (Å²) < 4.78 is 12.3. The van der Waals surface area contributed by atoms with E-state index >= 15 is 0 Å². The van der Waals surface area contributed by atoms with Gasteiger partial charge in [0.25, 0.3) is 5.69 Å². The fourth-order valence-electron chi connectivity index (χ4n) is 1.13. The fraction of sp³-hybridized carbons (Fsp3) is 0.909. The van der Waals surface area contributed by atoms with Crippen molar-refractivity contribution < 1.29 is 9.05 Å². The molecule has 0 aliphatic carbocycles. The molecule has 0 rings (SSSR count). The van der Waals surface area contributed by atoms with Gasteiger partial charge in [-0.2, -0.15) is 13.5 Å². The third-order valence-electron chi connectivity index (χ3n) is 2.12. The molecule has 0 aliphatic rings. The van der Waals surface area contributed by atoms with Crippen molar-refractivity contribution in [3.63, 3.8) is 0 Å². The molecule has 0 atom stereocenters. The summed E-state index contributed by atoms with van der Waals surface area (Å²) in [6, 6.07) is 0. The lowest BCUT2D eigenvalue weighted by Gasteiger charge is -2.26. The normalized spacial score (nSPS) is 10.9. The Morgan fingerprint density at radius 1 is 1.05 bits per heavy atom. The van der Waals surface area contributed by atoms with Gasteiger partial charge in [-0.15, -0.1) is 0 Å². The molecule has 0 saturated heterocycles. The van der Waals surface area contributed by atoms with Gasteiger partial charge in [0.15, 0.2) is 0 Å². The second kappa shape index (κ2) is 12.9. The predicted octanol–water partition coefficient (Wildman–Crippen LogP) is 4.54. The average Bonchev–Trinajstić information content (AvgIpc) is 2.35. The zero-order valence-corrected chi connectivity index (χ0v) is 16.5. The van der Waals surface area contributed by atoms with E-state index in [1.54, 1.807) is 0 Å². The van der Waals surface area contributed by atoms with Gasteiger partial charge >= 0.3 is 0 Å². The lowest BCUT2D eigenvalue weighted by Crippen LogP contribution is -2.26. The summed E-state index contributed by atoms with van der Waals surface area (Å²) in [7, 11) is 0. The standard InChI is InChI=1S/C11H24NO2PS3.H2S/c1-5-9-13-15(17,14-10-6-2)18-11(16)12(7-3)8-4;/h5-10H2,1-4H3;1H2. The van der Waals surface area contributed by atoms with E-state index in [0.717, 1.165) is 30.3 Å². The summed E-state index contributed by atoms with van der Waals surface area (Å²) in [5.74, 6) is 0. The molecule has 0 unspecified atom stereocenters. The van der Waals surface area contributed by atoms with E-state index in [9.17, 15) is 0 Å². The summed E-state index contributed by atoms with van der Waals surface area (Å²) in [6.45, 7) is 11.3. The first-order valence-corrected chi connectivity index (χ1v) is 10.9. The predicted molar refractivity (Wildman–Crippen MR) is 100 cm³/mol. The van der Waals surface area contributed by atoms with Gasteiger partial charge in [-0.05, 0) is 49.9 Å². The maximum atomic E-state index is 5.74. The van der Waals surface area contributed by atoms with Crippen molar-refractivity contribution in [3.05, 3.63) is 0 Å². The number of nitrogens with zero attached hydrogens (tertiary/aromatic N) is 1. The van der Waals surface area contributed by atoms with Crippen LogP contribution in [0, 0.1) is 0 Å². The van der Waals surface area contributed by atoms with Crippen LogP contribution in [0.15, 0.2) is 0 Å². The van der Waals surface area contributed by atoms with Gasteiger partial charge in [0.05, 0.1) is 13.2 Å². The highest BCUT2D eigenvalue weighted by Crippen LogP contribution is 2.61. The van der Waals surface area contributed by atoms with Gasteiger partial charge < -0.3 is 13.9 Å². The van der Waals surface area contributed by atoms with E-state index in [-0.39, 0.29) is 13.5 Å². The highest BCUT2D eigenvalue weighted by atomic mass is 32.9. The Hall–Kier alpha value is 1.16. The van der Waals surface area contributed by atoms with Crippen molar-refractivity contribution in [1.29, 1.82) is 0 Å². The van der Waals surface area contributed by atoms with E-state index in [1.807, 2.05) is 0 Å². The maximum Gasteiger partial charge on any atom is 0.254 e. The molecule has 0 heterocycles. The Bertz CT molecular complexity index is 276. The Kier molecular flexibility index (Phi) is 15.2. The van der Waals surface area contributed by atoms with Crippen molar-refractivity contribution >= 4 is 58.9 Å². The SMILES string of the molecule is CCCOP(=S)(OCCC)SC(=S)N(CC)CC.S. The minimum absolute atomic E-state index is 0. The minimum Gasteiger partial charge on any atom is -0.358 e. The van der Waals surface area contributed by atoms with Crippen LogP contribution in [-0.2, 0) is 20.9 Å². The van der Waals surface area contributed by atoms with Gasteiger partial charge in [0, 0.05) is 13.1 Å². The molecule has 0 radical (unpaired) electrons. The summed E-state index contributed by atoms with van der Waals surface area (Å²) >= 11 is 12.4. The van der Waals surface area contributed by atoms with Crippen LogP contribution in [0.2, 0.25) is 0 Å². The van der Waals surface area contributed by atoms with E-state index in [1.165, 1.54) is 11.4 Å². The highest BCUT2D eigenvalue weighted by molar-refractivity contribution is 8.75. The Morgan fingerprint density at radius 3 is 1.79 bits per heavy atom. The third-order valence-corrected chi connectivity index (χ3v) is 7.76. The monoisotopic (exact) mass is 363 g/mol. The summed E-state index contributed by atoms with van der Waals surface area (Å²) in [4.78, 5) is 2.10. The van der Waals surface area contributed by atoms with Crippen LogP contribution in [0.3, 0.4) is 0 Å². The maximum absolute atomic E-state index is 5.74. The van der Waals surface area contributed by atoms with Gasteiger partial charge in [0.2, 0.25) is 0 Å². The van der Waals surface area contributed by atoms with Crippen LogP contribution in [0.4, 0.5) is 0 Å². The van der Waals surface area contributed by atoms with Gasteiger partial charge in [-0.1, -0.05) is 26.1 Å². The smallest absolute Gasteiger partial charge is 0.254 e. The molecule has 0 N–H and O–H groups in total. The zero-order chi connectivity index (χ0) is 14.0. The van der Waals surface area contributed by atoms with E-state index in [0.29, 0.717) is 13.2 Å². The second-order valence-electron chi connectivity index (χ2n) is 3.64. The number of hydrogen-bond acceptors (Lipinski definition) is 5. The summed E-state index contributed by atoms with van der Waals surface area (Å²) in [5.41, 5.74) is -2.32. The lowest BCUT2D eigenvalue weighted by atomic mass is 10.5. The fourth-order valence-corrected chi connectivity index (χ4v) is 7.02. The molecule has 0 amide bonds. The minimum atomic E-state index is -2.32. The second-order valence-corrected chi connectivity index (χ2v) is 10.4. The van der Waals surface area contributed by atoms with Crippen LogP contribution in [0.1, 0.15) is 40.5 Å². The number of hydrogen-bond donors (Lipinski definition) is 0. The van der Waals surface area contributed by atoms with Crippen molar-refractivity contribution in [2.24, 2.45) is 0 Å². The highest BCUT2D eigenvalue weighted by Gasteiger charge is 2.24. The molecule has 0 fully saturated rings. The largest absolute Gasteiger partial charge is 0.358 e. The molecule has 0 bridgehead atoms. The lowest BCUT2D eigenvalue weighted by molar-refractivity contribution is 0.260. The van der Waals surface area contributed by atoms with Gasteiger partial charge in [0.1, 0.15) is 4.32 Å². The van der Waals surface area contributed by atoms with Crippen molar-refractivity contribution in [2.75, 3.05) is 26.3 Å². The first-order chi connectivity index (χ1) is 8.52. The molecular formula is C11H26NO2PS4. The molecule has 116 valence electrons. The van der Waals surface area contributed by atoms with E-state index in [4.69, 9.17) is 33.1 Å².